The largest absolute Gasteiger partial charge is 0.497 e. The first-order valence-corrected chi connectivity index (χ1v) is 9.95. The SMILES string of the molecule is COc1ccc(-n2c(C)nc3cnc4cc(-c5c(C)noc5C)c(OC)cc4c32)cc1. The van der Waals surface area contributed by atoms with Gasteiger partial charge < -0.3 is 14.0 Å². The molecular weight excluding hydrogens is 392 g/mol. The number of hydrogen-bond donors (Lipinski definition) is 0. The lowest BCUT2D eigenvalue weighted by Gasteiger charge is -2.13. The van der Waals surface area contributed by atoms with Crippen molar-refractivity contribution in [1.29, 1.82) is 0 Å². The fraction of sp³-hybridized carbons (Fsp3) is 0.208. The van der Waals surface area contributed by atoms with Crippen LogP contribution in [0.2, 0.25) is 0 Å². The smallest absolute Gasteiger partial charge is 0.141 e. The number of ether oxygens (including phenoxy) is 2. The molecule has 0 saturated heterocycles. The maximum absolute atomic E-state index is 5.78. The topological polar surface area (TPSA) is 75.2 Å². The lowest BCUT2D eigenvalue weighted by molar-refractivity contribution is 0.393. The fourth-order valence-electron chi connectivity index (χ4n) is 4.18. The van der Waals surface area contributed by atoms with Gasteiger partial charge in [-0.05, 0) is 57.2 Å². The van der Waals surface area contributed by atoms with Gasteiger partial charge in [0.25, 0.3) is 0 Å². The quantitative estimate of drug-likeness (QED) is 0.404. The van der Waals surface area contributed by atoms with Crippen molar-refractivity contribution in [3.8, 4) is 28.3 Å². The zero-order chi connectivity index (χ0) is 21.7. The zero-order valence-corrected chi connectivity index (χ0v) is 18.1. The van der Waals surface area contributed by atoms with E-state index in [1.54, 1.807) is 14.2 Å². The van der Waals surface area contributed by atoms with Crippen molar-refractivity contribution >= 4 is 21.9 Å². The molecule has 0 radical (unpaired) electrons. The molecule has 0 atom stereocenters. The summed E-state index contributed by atoms with van der Waals surface area (Å²) in [5, 5.41) is 5.05. The fourth-order valence-corrected chi connectivity index (χ4v) is 4.18. The van der Waals surface area contributed by atoms with Crippen LogP contribution in [0.15, 0.2) is 47.1 Å². The monoisotopic (exact) mass is 414 g/mol. The molecule has 0 aliphatic heterocycles. The van der Waals surface area contributed by atoms with Gasteiger partial charge in [-0.2, -0.15) is 0 Å². The van der Waals surface area contributed by atoms with E-state index in [1.165, 1.54) is 0 Å². The first-order chi connectivity index (χ1) is 15.0. The molecular formula is C24H22N4O3. The van der Waals surface area contributed by atoms with Crippen molar-refractivity contribution in [3.05, 3.63) is 59.9 Å². The minimum absolute atomic E-state index is 0.733. The molecule has 0 saturated carbocycles. The van der Waals surface area contributed by atoms with Gasteiger partial charge in [-0.1, -0.05) is 5.16 Å². The number of aryl methyl sites for hydroxylation is 3. The molecule has 5 aromatic rings. The van der Waals surface area contributed by atoms with Crippen LogP contribution >= 0.6 is 0 Å². The Morgan fingerprint density at radius 2 is 1.71 bits per heavy atom. The van der Waals surface area contributed by atoms with Crippen LogP contribution in [-0.4, -0.2) is 33.9 Å². The summed E-state index contributed by atoms with van der Waals surface area (Å²) < 4.78 is 18.6. The van der Waals surface area contributed by atoms with Gasteiger partial charge in [-0.3, -0.25) is 9.55 Å². The number of fused-ring (bicyclic) bond motifs is 3. The number of rotatable bonds is 4. The highest BCUT2D eigenvalue weighted by Crippen LogP contribution is 2.39. The van der Waals surface area contributed by atoms with Crippen molar-refractivity contribution in [1.82, 2.24) is 19.7 Å². The van der Waals surface area contributed by atoms with Crippen LogP contribution < -0.4 is 9.47 Å². The zero-order valence-electron chi connectivity index (χ0n) is 18.1. The first kappa shape index (κ1) is 19.1. The van der Waals surface area contributed by atoms with Crippen LogP contribution in [0.5, 0.6) is 11.5 Å². The molecule has 0 N–H and O–H groups in total. The van der Waals surface area contributed by atoms with E-state index in [9.17, 15) is 0 Å². The number of benzene rings is 2. The summed E-state index contributed by atoms with van der Waals surface area (Å²) in [6.45, 7) is 5.82. The molecule has 0 aliphatic carbocycles. The summed E-state index contributed by atoms with van der Waals surface area (Å²) >= 11 is 0. The van der Waals surface area contributed by atoms with Gasteiger partial charge in [-0.15, -0.1) is 0 Å². The molecule has 156 valence electrons. The molecule has 7 nitrogen and oxygen atoms in total. The predicted molar refractivity (Wildman–Crippen MR) is 119 cm³/mol. The van der Waals surface area contributed by atoms with Crippen LogP contribution in [0.4, 0.5) is 0 Å². The number of hydrogen-bond acceptors (Lipinski definition) is 6. The van der Waals surface area contributed by atoms with Crippen molar-refractivity contribution in [2.24, 2.45) is 0 Å². The second-order valence-corrected chi connectivity index (χ2v) is 7.45. The van der Waals surface area contributed by atoms with Gasteiger partial charge in [0.2, 0.25) is 0 Å². The summed E-state index contributed by atoms with van der Waals surface area (Å²) in [5.74, 6) is 3.16. The maximum atomic E-state index is 5.78. The van der Waals surface area contributed by atoms with Gasteiger partial charge in [0.1, 0.15) is 28.6 Å². The van der Waals surface area contributed by atoms with E-state index >= 15 is 0 Å². The van der Waals surface area contributed by atoms with E-state index in [-0.39, 0.29) is 0 Å². The highest BCUT2D eigenvalue weighted by Gasteiger charge is 2.20. The van der Waals surface area contributed by atoms with Crippen molar-refractivity contribution in [3.63, 3.8) is 0 Å². The average molecular weight is 414 g/mol. The van der Waals surface area contributed by atoms with Gasteiger partial charge in [0, 0.05) is 16.6 Å². The van der Waals surface area contributed by atoms with Crippen molar-refractivity contribution < 1.29 is 14.0 Å². The van der Waals surface area contributed by atoms with Crippen LogP contribution in [-0.2, 0) is 0 Å². The molecule has 0 unspecified atom stereocenters. The minimum Gasteiger partial charge on any atom is -0.497 e. The Balaban J connectivity index is 1.82. The lowest BCUT2D eigenvalue weighted by Crippen LogP contribution is -1.98. The standard InChI is InChI=1S/C24H22N4O3/c1-13-23(14(2)31-27-13)19-10-20-18(11-22(19)30-5)24-21(12-25-20)26-15(3)28(24)16-6-8-17(29-4)9-7-16/h6-12H,1-5H3. The first-order valence-electron chi connectivity index (χ1n) is 9.95. The molecule has 3 heterocycles. The minimum atomic E-state index is 0.733. The molecule has 3 aromatic heterocycles. The third kappa shape index (κ3) is 2.92. The van der Waals surface area contributed by atoms with E-state index in [1.807, 2.05) is 63.4 Å². The van der Waals surface area contributed by atoms with Gasteiger partial charge in [0.05, 0.1) is 42.7 Å². The molecule has 2 aromatic carbocycles. The van der Waals surface area contributed by atoms with Crippen molar-refractivity contribution in [2.75, 3.05) is 14.2 Å². The Labute approximate surface area is 179 Å². The van der Waals surface area contributed by atoms with E-state index in [4.69, 9.17) is 19.0 Å². The molecule has 5 rings (SSSR count). The van der Waals surface area contributed by atoms with Crippen LogP contribution in [0.25, 0.3) is 38.8 Å². The Morgan fingerprint density at radius 1 is 0.935 bits per heavy atom. The molecule has 0 bridgehead atoms. The Morgan fingerprint density at radius 3 is 2.35 bits per heavy atom. The van der Waals surface area contributed by atoms with E-state index in [0.29, 0.717) is 0 Å². The normalized spacial score (nSPS) is 11.4. The second-order valence-electron chi connectivity index (χ2n) is 7.45. The molecule has 0 amide bonds. The van der Waals surface area contributed by atoms with Gasteiger partial charge in [-0.25, -0.2) is 4.98 Å². The third-order valence-corrected chi connectivity index (χ3v) is 5.60. The van der Waals surface area contributed by atoms with E-state index in [2.05, 4.69) is 14.7 Å². The number of nitrogens with zero attached hydrogens (tertiary/aromatic N) is 4. The third-order valence-electron chi connectivity index (χ3n) is 5.60. The maximum Gasteiger partial charge on any atom is 0.141 e. The number of imidazole rings is 1. The molecule has 7 heteroatoms. The van der Waals surface area contributed by atoms with E-state index < -0.39 is 0 Å². The number of pyridine rings is 1. The Bertz CT molecular complexity index is 1410. The van der Waals surface area contributed by atoms with Gasteiger partial charge in [0.15, 0.2) is 0 Å². The summed E-state index contributed by atoms with van der Waals surface area (Å²) in [7, 11) is 3.33. The predicted octanol–water partition coefficient (Wildman–Crippen LogP) is 5.17. The van der Waals surface area contributed by atoms with Crippen LogP contribution in [0, 0.1) is 20.8 Å². The highest BCUT2D eigenvalue weighted by atomic mass is 16.5. The second kappa shape index (κ2) is 7.12. The summed E-state index contributed by atoms with van der Waals surface area (Å²) in [6, 6.07) is 12.0. The molecule has 31 heavy (non-hydrogen) atoms. The number of methoxy groups -OCH3 is 2. The lowest BCUT2D eigenvalue weighted by atomic mass is 10.0. The summed E-state index contributed by atoms with van der Waals surface area (Å²) in [6.07, 6.45) is 1.81. The number of aromatic nitrogens is 4. The van der Waals surface area contributed by atoms with Crippen molar-refractivity contribution in [2.45, 2.75) is 20.8 Å². The summed E-state index contributed by atoms with van der Waals surface area (Å²) in [5.41, 5.74) is 6.31. The summed E-state index contributed by atoms with van der Waals surface area (Å²) in [4.78, 5) is 9.43. The molecule has 0 aliphatic rings. The highest BCUT2D eigenvalue weighted by molar-refractivity contribution is 6.05. The molecule has 0 spiro atoms. The van der Waals surface area contributed by atoms with Gasteiger partial charge >= 0.3 is 0 Å². The van der Waals surface area contributed by atoms with E-state index in [0.717, 1.165) is 67.5 Å². The van der Waals surface area contributed by atoms with Crippen LogP contribution in [0.1, 0.15) is 17.3 Å². The van der Waals surface area contributed by atoms with Crippen LogP contribution in [0.3, 0.4) is 0 Å². The Hall–Kier alpha value is -3.87. The average Bonchev–Trinajstić information content (AvgIpc) is 3.30. The Kier molecular flexibility index (Phi) is 4.39. The molecule has 0 fully saturated rings.